The van der Waals surface area contributed by atoms with E-state index in [0.717, 1.165) is 5.56 Å². The molecule has 0 unspecified atom stereocenters. The number of aryl methyl sites for hydroxylation is 1. The minimum atomic E-state index is -0.227. The number of amides is 1. The molecule has 0 aliphatic rings. The number of phenols is 1. The first-order valence-corrected chi connectivity index (χ1v) is 5.22. The number of para-hydroxylation sites is 2. The lowest BCUT2D eigenvalue weighted by molar-refractivity contribution is -0.116. The Hall–Kier alpha value is -2.30. The summed E-state index contributed by atoms with van der Waals surface area (Å²) in [5.41, 5.74) is 1.40. The van der Waals surface area contributed by atoms with Crippen LogP contribution in [0.3, 0.4) is 0 Å². The molecule has 1 heterocycles. The van der Waals surface area contributed by atoms with Gasteiger partial charge < -0.3 is 10.4 Å². The molecule has 0 atom stereocenters. The highest BCUT2D eigenvalue weighted by molar-refractivity contribution is 5.91. The molecule has 88 valence electrons. The van der Waals surface area contributed by atoms with Crippen LogP contribution in [-0.2, 0) is 11.3 Å². The molecule has 0 radical (unpaired) electrons. The zero-order valence-corrected chi connectivity index (χ0v) is 9.42. The van der Waals surface area contributed by atoms with E-state index in [1.54, 1.807) is 35.3 Å². The maximum Gasteiger partial charge on any atom is 0.246 e. The van der Waals surface area contributed by atoms with Crippen LogP contribution in [0.1, 0.15) is 5.56 Å². The van der Waals surface area contributed by atoms with Crippen molar-refractivity contribution in [1.29, 1.82) is 0 Å². The summed E-state index contributed by atoms with van der Waals surface area (Å²) >= 11 is 0. The zero-order valence-electron chi connectivity index (χ0n) is 9.42. The number of carbonyl (C=O) groups is 1. The topological polar surface area (TPSA) is 67.2 Å². The number of benzene rings is 1. The summed E-state index contributed by atoms with van der Waals surface area (Å²) in [6.07, 6.45) is 3.47. The standard InChI is InChI=1S/C12H13N3O2/c1-9-6-13-15(7-9)8-12(17)14-10-4-2-3-5-11(10)16/h2-7,16H,8H2,1H3,(H,14,17). The van der Waals surface area contributed by atoms with E-state index in [0.29, 0.717) is 5.69 Å². The summed E-state index contributed by atoms with van der Waals surface area (Å²) in [6.45, 7) is 2.03. The molecule has 0 fully saturated rings. The minimum Gasteiger partial charge on any atom is -0.506 e. The van der Waals surface area contributed by atoms with Gasteiger partial charge in [0.2, 0.25) is 5.91 Å². The molecule has 1 aromatic carbocycles. The highest BCUT2D eigenvalue weighted by atomic mass is 16.3. The van der Waals surface area contributed by atoms with E-state index in [4.69, 9.17) is 0 Å². The van der Waals surface area contributed by atoms with Crippen LogP contribution in [0, 0.1) is 6.92 Å². The number of aromatic hydroxyl groups is 1. The first-order chi connectivity index (χ1) is 8.15. The lowest BCUT2D eigenvalue weighted by atomic mass is 10.3. The molecule has 0 aliphatic carbocycles. The van der Waals surface area contributed by atoms with Crippen LogP contribution in [0.5, 0.6) is 5.75 Å². The van der Waals surface area contributed by atoms with Crippen LogP contribution in [0.4, 0.5) is 5.69 Å². The van der Waals surface area contributed by atoms with Crippen molar-refractivity contribution in [2.75, 3.05) is 5.32 Å². The molecular weight excluding hydrogens is 218 g/mol. The first kappa shape index (κ1) is 11.2. The summed E-state index contributed by atoms with van der Waals surface area (Å²) in [6, 6.07) is 6.60. The Morgan fingerprint density at radius 3 is 2.88 bits per heavy atom. The van der Waals surface area contributed by atoms with Crippen molar-refractivity contribution in [3.8, 4) is 5.75 Å². The Morgan fingerprint density at radius 2 is 2.24 bits per heavy atom. The number of phenolic OH excluding ortho intramolecular Hbond substituents is 1. The second-order valence-corrected chi connectivity index (χ2v) is 3.78. The number of hydrogen-bond donors (Lipinski definition) is 2. The second kappa shape index (κ2) is 4.69. The van der Waals surface area contributed by atoms with Gasteiger partial charge in [-0.25, -0.2) is 0 Å². The normalized spacial score (nSPS) is 10.2. The monoisotopic (exact) mass is 231 g/mol. The number of rotatable bonds is 3. The largest absolute Gasteiger partial charge is 0.506 e. The molecule has 2 rings (SSSR count). The molecule has 1 aromatic heterocycles. The molecule has 1 amide bonds. The molecule has 0 saturated carbocycles. The number of hydrogen-bond acceptors (Lipinski definition) is 3. The third-order valence-corrected chi connectivity index (χ3v) is 2.25. The highest BCUT2D eigenvalue weighted by Gasteiger charge is 2.06. The fourth-order valence-electron chi connectivity index (χ4n) is 1.47. The number of carbonyl (C=O) groups excluding carboxylic acids is 1. The van der Waals surface area contributed by atoms with Gasteiger partial charge in [-0.05, 0) is 24.6 Å². The van der Waals surface area contributed by atoms with Crippen LogP contribution < -0.4 is 5.32 Å². The number of nitrogens with zero attached hydrogens (tertiary/aromatic N) is 2. The van der Waals surface area contributed by atoms with E-state index < -0.39 is 0 Å². The van der Waals surface area contributed by atoms with Gasteiger partial charge in [-0.1, -0.05) is 12.1 Å². The van der Waals surface area contributed by atoms with Crippen molar-refractivity contribution in [1.82, 2.24) is 9.78 Å². The number of nitrogens with one attached hydrogen (secondary N) is 1. The molecular formula is C12H13N3O2. The Morgan fingerprint density at radius 1 is 1.47 bits per heavy atom. The van der Waals surface area contributed by atoms with E-state index in [1.165, 1.54) is 6.07 Å². The zero-order chi connectivity index (χ0) is 12.3. The predicted octanol–water partition coefficient (Wildman–Crippen LogP) is 1.54. The maximum atomic E-state index is 11.7. The van der Waals surface area contributed by atoms with E-state index in [9.17, 15) is 9.90 Å². The summed E-state index contributed by atoms with van der Waals surface area (Å²) < 4.78 is 1.55. The van der Waals surface area contributed by atoms with Crippen molar-refractivity contribution in [2.45, 2.75) is 13.5 Å². The molecule has 17 heavy (non-hydrogen) atoms. The minimum absolute atomic E-state index is 0.0532. The van der Waals surface area contributed by atoms with Crippen molar-refractivity contribution in [3.63, 3.8) is 0 Å². The van der Waals surface area contributed by atoms with Gasteiger partial charge in [0, 0.05) is 6.20 Å². The van der Waals surface area contributed by atoms with Gasteiger partial charge >= 0.3 is 0 Å². The summed E-state index contributed by atoms with van der Waals surface area (Å²) in [5, 5.41) is 16.1. The lowest BCUT2D eigenvalue weighted by Crippen LogP contribution is -2.19. The summed E-state index contributed by atoms with van der Waals surface area (Å²) in [7, 11) is 0. The Balaban J connectivity index is 2.01. The van der Waals surface area contributed by atoms with Crippen molar-refractivity contribution < 1.29 is 9.90 Å². The first-order valence-electron chi connectivity index (χ1n) is 5.22. The van der Waals surface area contributed by atoms with Gasteiger partial charge in [-0.2, -0.15) is 5.10 Å². The van der Waals surface area contributed by atoms with Crippen molar-refractivity contribution >= 4 is 11.6 Å². The SMILES string of the molecule is Cc1cnn(CC(=O)Nc2ccccc2O)c1. The van der Waals surface area contributed by atoms with Crippen LogP contribution in [0.25, 0.3) is 0 Å². The summed E-state index contributed by atoms with van der Waals surface area (Å²) in [4.78, 5) is 11.7. The molecule has 2 aromatic rings. The van der Waals surface area contributed by atoms with E-state index in [1.807, 2.05) is 6.92 Å². The maximum absolute atomic E-state index is 11.7. The van der Waals surface area contributed by atoms with Crippen LogP contribution in [0.15, 0.2) is 36.7 Å². The third-order valence-electron chi connectivity index (χ3n) is 2.25. The van der Waals surface area contributed by atoms with Crippen molar-refractivity contribution in [2.24, 2.45) is 0 Å². The number of aromatic nitrogens is 2. The van der Waals surface area contributed by atoms with Crippen LogP contribution in [-0.4, -0.2) is 20.8 Å². The van der Waals surface area contributed by atoms with Crippen LogP contribution in [0.2, 0.25) is 0 Å². The Bertz CT molecular complexity index is 534. The average molecular weight is 231 g/mol. The fourth-order valence-corrected chi connectivity index (χ4v) is 1.47. The predicted molar refractivity (Wildman–Crippen MR) is 63.7 cm³/mol. The quantitative estimate of drug-likeness (QED) is 0.787. The lowest BCUT2D eigenvalue weighted by Gasteiger charge is -2.06. The molecule has 2 N–H and O–H groups in total. The average Bonchev–Trinajstić information content (AvgIpc) is 2.67. The third kappa shape index (κ3) is 2.84. The van der Waals surface area contributed by atoms with Gasteiger partial charge in [0.05, 0.1) is 11.9 Å². The fraction of sp³-hybridized carbons (Fsp3) is 0.167. The van der Waals surface area contributed by atoms with Crippen molar-refractivity contribution in [3.05, 3.63) is 42.2 Å². The smallest absolute Gasteiger partial charge is 0.246 e. The molecule has 5 nitrogen and oxygen atoms in total. The van der Waals surface area contributed by atoms with Gasteiger partial charge in [0.25, 0.3) is 0 Å². The van der Waals surface area contributed by atoms with Gasteiger partial charge in [-0.3, -0.25) is 9.48 Å². The van der Waals surface area contributed by atoms with E-state index in [-0.39, 0.29) is 18.2 Å². The Kier molecular flexibility index (Phi) is 3.09. The number of anilines is 1. The van der Waals surface area contributed by atoms with E-state index in [2.05, 4.69) is 10.4 Å². The molecule has 5 heteroatoms. The molecule has 0 aliphatic heterocycles. The van der Waals surface area contributed by atoms with Crippen LogP contribution >= 0.6 is 0 Å². The van der Waals surface area contributed by atoms with Gasteiger partial charge in [0.15, 0.2) is 0 Å². The van der Waals surface area contributed by atoms with E-state index >= 15 is 0 Å². The Labute approximate surface area is 98.7 Å². The molecule has 0 saturated heterocycles. The second-order valence-electron chi connectivity index (χ2n) is 3.78. The van der Waals surface area contributed by atoms with Gasteiger partial charge in [-0.15, -0.1) is 0 Å². The molecule has 0 spiro atoms. The summed E-state index contributed by atoms with van der Waals surface area (Å²) in [5.74, 6) is -0.174. The molecule has 0 bridgehead atoms. The highest BCUT2D eigenvalue weighted by Crippen LogP contribution is 2.21. The van der Waals surface area contributed by atoms with Gasteiger partial charge in [0.1, 0.15) is 12.3 Å².